The summed E-state index contributed by atoms with van der Waals surface area (Å²) in [6, 6.07) is 6.32. The maximum absolute atomic E-state index is 13.0. The van der Waals surface area contributed by atoms with E-state index >= 15 is 0 Å². The molecule has 1 aliphatic carbocycles. The van der Waals surface area contributed by atoms with Crippen LogP contribution in [-0.2, 0) is 16.5 Å². The van der Waals surface area contributed by atoms with Crippen molar-refractivity contribution in [3.8, 4) is 5.88 Å². The van der Waals surface area contributed by atoms with Crippen LogP contribution in [0.15, 0.2) is 35.4 Å². The lowest BCUT2D eigenvalue weighted by atomic mass is 9.93. The standard InChI is InChI=1S/C29H36N8O4/c1-35-24-18-31-28(34-26(24)37(29(35)38)20-8-13-39-14-9-20)32-19-4-6-21(7-5-19)41-27-22-3-2-10-30-23(22)17-25(33-27)36-11-15-40-16-12-36/h2-3,10,17-21H,4-9,11-16H2,1H3,(H,31,32,34). The molecule has 4 aromatic rings. The maximum Gasteiger partial charge on any atom is 0.330 e. The van der Waals surface area contributed by atoms with E-state index in [1.165, 1.54) is 0 Å². The highest BCUT2D eigenvalue weighted by atomic mass is 16.5. The number of hydrogen-bond donors (Lipinski definition) is 1. The molecule has 1 N–H and O–H groups in total. The first-order chi connectivity index (χ1) is 20.1. The second kappa shape index (κ2) is 11.2. The molecular weight excluding hydrogens is 524 g/mol. The average molecular weight is 561 g/mol. The lowest BCUT2D eigenvalue weighted by molar-refractivity contribution is 0.0695. The first-order valence-electron chi connectivity index (χ1n) is 14.7. The van der Waals surface area contributed by atoms with E-state index in [4.69, 9.17) is 24.2 Å². The zero-order valence-electron chi connectivity index (χ0n) is 23.4. The number of anilines is 2. The molecule has 4 aromatic heterocycles. The van der Waals surface area contributed by atoms with Gasteiger partial charge in [-0.25, -0.2) is 9.78 Å². The fraction of sp³-hybridized carbons (Fsp3) is 0.552. The minimum atomic E-state index is -0.0509. The molecule has 0 unspecified atom stereocenters. The number of aromatic nitrogens is 6. The van der Waals surface area contributed by atoms with Gasteiger partial charge < -0.3 is 24.4 Å². The number of hydrogen-bond acceptors (Lipinski definition) is 10. The minimum absolute atomic E-state index is 0.0509. The number of rotatable bonds is 6. The first kappa shape index (κ1) is 26.1. The quantitative estimate of drug-likeness (QED) is 0.377. The Balaban J connectivity index is 1.04. The minimum Gasteiger partial charge on any atom is -0.474 e. The molecule has 12 heteroatoms. The second-order valence-electron chi connectivity index (χ2n) is 11.1. The monoisotopic (exact) mass is 560 g/mol. The van der Waals surface area contributed by atoms with Gasteiger partial charge >= 0.3 is 5.69 Å². The highest BCUT2D eigenvalue weighted by molar-refractivity contribution is 5.85. The summed E-state index contributed by atoms with van der Waals surface area (Å²) < 4.78 is 21.0. The van der Waals surface area contributed by atoms with Gasteiger partial charge in [0.1, 0.15) is 17.4 Å². The topological polar surface area (TPSA) is 121 Å². The van der Waals surface area contributed by atoms with Crippen LogP contribution in [-0.4, -0.2) is 80.7 Å². The summed E-state index contributed by atoms with van der Waals surface area (Å²) in [6.07, 6.45) is 8.88. The van der Waals surface area contributed by atoms with Crippen LogP contribution in [0.5, 0.6) is 5.88 Å². The Bertz CT molecular complexity index is 1580. The number of aryl methyl sites for hydroxylation is 1. The number of fused-ring (bicyclic) bond motifs is 2. The van der Waals surface area contributed by atoms with Crippen molar-refractivity contribution in [3.05, 3.63) is 41.1 Å². The molecule has 0 bridgehead atoms. The van der Waals surface area contributed by atoms with Gasteiger partial charge in [-0.1, -0.05) is 0 Å². The Morgan fingerprint density at radius 1 is 0.976 bits per heavy atom. The molecule has 0 atom stereocenters. The van der Waals surface area contributed by atoms with Crippen LogP contribution in [0.1, 0.15) is 44.6 Å². The molecule has 3 aliphatic rings. The van der Waals surface area contributed by atoms with Crippen LogP contribution in [0.4, 0.5) is 11.8 Å². The molecule has 0 radical (unpaired) electrons. The highest BCUT2D eigenvalue weighted by Gasteiger charge is 2.27. The van der Waals surface area contributed by atoms with Gasteiger partial charge in [0.05, 0.1) is 30.3 Å². The molecule has 2 aliphatic heterocycles. The number of morpholine rings is 1. The van der Waals surface area contributed by atoms with Crippen LogP contribution in [0.25, 0.3) is 22.1 Å². The van der Waals surface area contributed by atoms with Crippen molar-refractivity contribution in [2.75, 3.05) is 49.7 Å². The zero-order valence-corrected chi connectivity index (χ0v) is 23.4. The summed E-state index contributed by atoms with van der Waals surface area (Å²) in [4.78, 5) is 34.1. The van der Waals surface area contributed by atoms with Crippen LogP contribution in [0.3, 0.4) is 0 Å². The van der Waals surface area contributed by atoms with Gasteiger partial charge in [0.15, 0.2) is 5.65 Å². The van der Waals surface area contributed by atoms with Crippen molar-refractivity contribution in [3.63, 3.8) is 0 Å². The van der Waals surface area contributed by atoms with E-state index in [0.29, 0.717) is 43.9 Å². The molecule has 7 rings (SSSR count). The third kappa shape index (κ3) is 5.21. The summed E-state index contributed by atoms with van der Waals surface area (Å²) in [5, 5.41) is 4.46. The van der Waals surface area contributed by atoms with Crippen molar-refractivity contribution in [1.29, 1.82) is 0 Å². The maximum atomic E-state index is 13.0. The van der Waals surface area contributed by atoms with Crippen molar-refractivity contribution >= 4 is 33.8 Å². The van der Waals surface area contributed by atoms with E-state index in [0.717, 1.165) is 73.9 Å². The van der Waals surface area contributed by atoms with Crippen LogP contribution in [0, 0.1) is 0 Å². The average Bonchev–Trinajstić information content (AvgIpc) is 3.27. The SMILES string of the molecule is Cn1c(=O)n(C2CCOCC2)c2nc(NC3CCC(Oc4nc(N5CCOCC5)cc5ncccc45)CC3)ncc21. The molecule has 1 saturated carbocycles. The fourth-order valence-electron chi connectivity index (χ4n) is 6.22. The largest absolute Gasteiger partial charge is 0.474 e. The van der Waals surface area contributed by atoms with E-state index in [1.807, 2.05) is 29.0 Å². The summed E-state index contributed by atoms with van der Waals surface area (Å²) >= 11 is 0. The number of ether oxygens (including phenoxy) is 3. The van der Waals surface area contributed by atoms with Crippen molar-refractivity contribution < 1.29 is 14.2 Å². The molecule has 216 valence electrons. The molecule has 41 heavy (non-hydrogen) atoms. The Morgan fingerprint density at radius 3 is 2.56 bits per heavy atom. The van der Waals surface area contributed by atoms with E-state index in [2.05, 4.69) is 20.2 Å². The lowest BCUT2D eigenvalue weighted by Gasteiger charge is -2.31. The van der Waals surface area contributed by atoms with Crippen LogP contribution >= 0.6 is 0 Å². The predicted octanol–water partition coefficient (Wildman–Crippen LogP) is 3.06. The molecule has 12 nitrogen and oxygen atoms in total. The Labute approximate surface area is 237 Å². The van der Waals surface area contributed by atoms with Crippen molar-refractivity contribution in [2.45, 2.75) is 56.7 Å². The second-order valence-corrected chi connectivity index (χ2v) is 11.1. The fourth-order valence-corrected chi connectivity index (χ4v) is 6.22. The Kier molecular flexibility index (Phi) is 7.17. The van der Waals surface area contributed by atoms with E-state index in [1.54, 1.807) is 17.8 Å². The van der Waals surface area contributed by atoms with Gasteiger partial charge in [-0.2, -0.15) is 9.97 Å². The first-order valence-corrected chi connectivity index (χ1v) is 14.7. The van der Waals surface area contributed by atoms with Crippen molar-refractivity contribution in [1.82, 2.24) is 29.1 Å². The summed E-state index contributed by atoms with van der Waals surface area (Å²) in [5.74, 6) is 2.10. The third-order valence-corrected chi connectivity index (χ3v) is 8.56. The van der Waals surface area contributed by atoms with Gasteiger partial charge in [0, 0.05) is 57.7 Å². The summed E-state index contributed by atoms with van der Waals surface area (Å²) in [5.41, 5.74) is 2.27. The molecule has 0 spiro atoms. The Morgan fingerprint density at radius 2 is 1.76 bits per heavy atom. The lowest BCUT2D eigenvalue weighted by Crippen LogP contribution is -2.37. The molecular formula is C29H36N8O4. The third-order valence-electron chi connectivity index (χ3n) is 8.56. The van der Waals surface area contributed by atoms with Gasteiger partial charge in [-0.05, 0) is 50.7 Å². The highest BCUT2D eigenvalue weighted by Crippen LogP contribution is 2.31. The molecule has 6 heterocycles. The van der Waals surface area contributed by atoms with E-state index in [-0.39, 0.29) is 23.9 Å². The van der Waals surface area contributed by atoms with Gasteiger partial charge in [-0.15, -0.1) is 0 Å². The van der Waals surface area contributed by atoms with Gasteiger partial charge in [-0.3, -0.25) is 14.1 Å². The zero-order chi connectivity index (χ0) is 27.8. The van der Waals surface area contributed by atoms with Crippen LogP contribution < -0.4 is 20.6 Å². The number of imidazole rings is 1. The molecule has 3 fully saturated rings. The molecule has 2 saturated heterocycles. The number of nitrogens with zero attached hydrogens (tertiary/aromatic N) is 7. The molecule has 0 aromatic carbocycles. The predicted molar refractivity (Wildman–Crippen MR) is 155 cm³/mol. The molecule has 0 amide bonds. The summed E-state index contributed by atoms with van der Waals surface area (Å²) in [7, 11) is 1.78. The summed E-state index contributed by atoms with van der Waals surface area (Å²) in [6.45, 7) is 4.34. The number of nitrogens with one attached hydrogen (secondary N) is 1. The van der Waals surface area contributed by atoms with E-state index in [9.17, 15) is 4.79 Å². The van der Waals surface area contributed by atoms with Gasteiger partial charge in [0.25, 0.3) is 0 Å². The van der Waals surface area contributed by atoms with Crippen LogP contribution in [0.2, 0.25) is 0 Å². The smallest absolute Gasteiger partial charge is 0.330 e. The van der Waals surface area contributed by atoms with Gasteiger partial charge in [0.2, 0.25) is 11.8 Å². The van der Waals surface area contributed by atoms with Crippen molar-refractivity contribution in [2.24, 2.45) is 7.05 Å². The Hall–Kier alpha value is -3.77. The van der Waals surface area contributed by atoms with E-state index < -0.39 is 0 Å². The normalized spacial score (nSPS) is 22.3. The number of pyridine rings is 2.